The third-order valence-electron chi connectivity index (χ3n) is 7.93. The van der Waals surface area contributed by atoms with Gasteiger partial charge in [-0.05, 0) is 70.6 Å². The molecule has 0 spiro atoms. The molecule has 0 aromatic heterocycles. The molecule has 4 heteroatoms. The molecule has 1 unspecified atom stereocenters. The van der Waals surface area contributed by atoms with Gasteiger partial charge in [0, 0.05) is 12.8 Å². The van der Waals surface area contributed by atoms with E-state index in [9.17, 15) is 9.59 Å². The Morgan fingerprint density at radius 3 is 1.51 bits per heavy atom. The Morgan fingerprint density at radius 2 is 0.951 bits per heavy atom. The molecule has 0 aliphatic heterocycles. The summed E-state index contributed by atoms with van der Waals surface area (Å²) in [6.45, 7) is 4.50. The Kier molecular flexibility index (Phi) is 31.7. The second-order valence-electron chi connectivity index (χ2n) is 12.1. The number of esters is 1. The van der Waals surface area contributed by atoms with Gasteiger partial charge in [0.15, 0.2) is 0 Å². The maximum atomic E-state index is 12.5. The van der Waals surface area contributed by atoms with Crippen molar-refractivity contribution in [2.24, 2.45) is 0 Å². The van der Waals surface area contributed by atoms with Crippen LogP contribution in [0.3, 0.4) is 0 Å². The molecule has 0 fully saturated rings. The molecule has 0 radical (unpaired) electrons. The Hall–Kier alpha value is -1.58. The van der Waals surface area contributed by atoms with E-state index in [-0.39, 0.29) is 18.5 Å². The Morgan fingerprint density at radius 1 is 0.537 bits per heavy atom. The molecule has 41 heavy (non-hydrogen) atoms. The van der Waals surface area contributed by atoms with Crippen molar-refractivity contribution < 1.29 is 19.4 Å². The number of carboxylic acids is 1. The maximum absolute atomic E-state index is 12.5. The number of carbonyl (C=O) groups is 2. The average molecular weight is 577 g/mol. The van der Waals surface area contributed by atoms with Crippen molar-refractivity contribution in [3.63, 3.8) is 0 Å². The summed E-state index contributed by atoms with van der Waals surface area (Å²) in [6, 6.07) is 0. The summed E-state index contributed by atoms with van der Waals surface area (Å²) in [5.74, 6) is -0.765. The van der Waals surface area contributed by atoms with Crippen LogP contribution in [0.25, 0.3) is 0 Å². The van der Waals surface area contributed by atoms with Crippen LogP contribution in [0.1, 0.15) is 194 Å². The van der Waals surface area contributed by atoms with Crippen molar-refractivity contribution in [2.45, 2.75) is 200 Å². The molecule has 0 saturated carbocycles. The number of ether oxygens (including phenoxy) is 1. The minimum Gasteiger partial charge on any atom is -0.481 e. The molecule has 240 valence electrons. The van der Waals surface area contributed by atoms with Crippen molar-refractivity contribution in [1.29, 1.82) is 0 Å². The molecular weight excluding hydrogens is 508 g/mol. The van der Waals surface area contributed by atoms with Gasteiger partial charge in [-0.25, -0.2) is 0 Å². The highest BCUT2D eigenvalue weighted by atomic mass is 16.5. The molecule has 4 nitrogen and oxygen atoms in total. The van der Waals surface area contributed by atoms with E-state index < -0.39 is 5.97 Å². The normalized spacial score (nSPS) is 12.4. The lowest BCUT2D eigenvalue weighted by molar-refractivity contribution is -0.150. The van der Waals surface area contributed by atoms with Crippen LogP contribution in [0.2, 0.25) is 0 Å². The quantitative estimate of drug-likeness (QED) is 0.0491. The van der Waals surface area contributed by atoms with E-state index >= 15 is 0 Å². The van der Waals surface area contributed by atoms with Crippen LogP contribution < -0.4 is 0 Å². The molecule has 1 N–H and O–H groups in total. The topological polar surface area (TPSA) is 63.6 Å². The van der Waals surface area contributed by atoms with Gasteiger partial charge in [-0.2, -0.15) is 0 Å². The van der Waals surface area contributed by atoms with E-state index in [0.29, 0.717) is 12.8 Å². The van der Waals surface area contributed by atoms with E-state index in [0.717, 1.165) is 51.4 Å². The molecule has 0 amide bonds. The van der Waals surface area contributed by atoms with Crippen molar-refractivity contribution in [2.75, 3.05) is 0 Å². The summed E-state index contributed by atoms with van der Waals surface area (Å²) in [4.78, 5) is 23.3. The summed E-state index contributed by atoms with van der Waals surface area (Å²) in [6.07, 6.45) is 40.4. The van der Waals surface area contributed by atoms with Crippen molar-refractivity contribution in [3.8, 4) is 0 Å². The van der Waals surface area contributed by atoms with E-state index in [4.69, 9.17) is 9.84 Å². The predicted molar refractivity (Wildman–Crippen MR) is 176 cm³/mol. The number of hydrogen-bond acceptors (Lipinski definition) is 3. The zero-order valence-electron chi connectivity index (χ0n) is 27.4. The van der Waals surface area contributed by atoms with Crippen molar-refractivity contribution in [3.05, 3.63) is 24.3 Å². The smallest absolute Gasteiger partial charge is 0.306 e. The van der Waals surface area contributed by atoms with Gasteiger partial charge in [0.2, 0.25) is 0 Å². The molecule has 0 aliphatic carbocycles. The van der Waals surface area contributed by atoms with Crippen LogP contribution in [-0.2, 0) is 14.3 Å². The lowest BCUT2D eigenvalue weighted by Gasteiger charge is -2.18. The van der Waals surface area contributed by atoms with Crippen molar-refractivity contribution >= 4 is 11.9 Å². The fourth-order valence-corrected chi connectivity index (χ4v) is 5.27. The van der Waals surface area contributed by atoms with Crippen LogP contribution in [0, 0.1) is 0 Å². The minimum atomic E-state index is -0.726. The molecular formula is C37H68O4. The van der Waals surface area contributed by atoms with E-state index in [1.807, 2.05) is 0 Å². The Balaban J connectivity index is 3.89. The second kappa shape index (κ2) is 32.9. The van der Waals surface area contributed by atoms with Crippen LogP contribution in [-0.4, -0.2) is 23.1 Å². The van der Waals surface area contributed by atoms with Crippen LogP contribution in [0.5, 0.6) is 0 Å². The molecule has 0 aromatic rings. The van der Waals surface area contributed by atoms with Gasteiger partial charge in [-0.1, -0.05) is 134 Å². The highest BCUT2D eigenvalue weighted by Gasteiger charge is 2.14. The minimum absolute atomic E-state index is 0.00304. The largest absolute Gasteiger partial charge is 0.481 e. The number of unbranched alkanes of at least 4 members (excludes halogenated alkanes) is 19. The van der Waals surface area contributed by atoms with Gasteiger partial charge in [-0.15, -0.1) is 0 Å². The fourth-order valence-electron chi connectivity index (χ4n) is 5.27. The fraction of sp³-hybridized carbons (Fsp3) is 0.838. The molecule has 0 aliphatic rings. The first-order valence-electron chi connectivity index (χ1n) is 17.8. The first-order valence-corrected chi connectivity index (χ1v) is 17.8. The third kappa shape index (κ3) is 32.8. The molecule has 1 atom stereocenters. The van der Waals surface area contributed by atoms with Gasteiger partial charge in [0.25, 0.3) is 0 Å². The summed E-state index contributed by atoms with van der Waals surface area (Å²) in [5, 5.41) is 8.84. The first-order chi connectivity index (χ1) is 20.1. The number of rotatable bonds is 32. The summed E-state index contributed by atoms with van der Waals surface area (Å²) in [5.41, 5.74) is 0. The summed E-state index contributed by atoms with van der Waals surface area (Å²) in [7, 11) is 0. The Bertz CT molecular complexity index is 624. The number of hydrogen-bond donors (Lipinski definition) is 1. The highest BCUT2D eigenvalue weighted by Crippen LogP contribution is 2.18. The molecule has 0 rings (SSSR count). The lowest BCUT2D eigenvalue weighted by atomic mass is 10.0. The molecule has 0 saturated heterocycles. The number of carbonyl (C=O) groups excluding carboxylic acids is 1. The van der Waals surface area contributed by atoms with E-state index in [1.54, 1.807) is 0 Å². The summed E-state index contributed by atoms with van der Waals surface area (Å²) < 4.78 is 5.90. The second-order valence-corrected chi connectivity index (χ2v) is 12.1. The van der Waals surface area contributed by atoms with Crippen molar-refractivity contribution in [1.82, 2.24) is 0 Å². The van der Waals surface area contributed by atoms with Crippen LogP contribution in [0.4, 0.5) is 0 Å². The number of carboxylic acid groups (broad SMARTS) is 1. The molecule has 0 aromatic carbocycles. The van der Waals surface area contributed by atoms with E-state index in [2.05, 4.69) is 38.2 Å². The zero-order valence-corrected chi connectivity index (χ0v) is 27.4. The van der Waals surface area contributed by atoms with Crippen LogP contribution >= 0.6 is 0 Å². The molecule has 0 bridgehead atoms. The number of allylic oxidation sites excluding steroid dienone is 4. The highest BCUT2D eigenvalue weighted by molar-refractivity contribution is 5.69. The maximum Gasteiger partial charge on any atom is 0.306 e. The lowest BCUT2D eigenvalue weighted by Crippen LogP contribution is -2.18. The monoisotopic (exact) mass is 577 g/mol. The standard InChI is InChI=1S/C37H68O4/c1-3-5-7-9-11-13-14-15-16-17-18-19-20-21-23-25-30-34-37(40)41-35(32-28-26-29-33-36(38)39)31-27-24-22-12-10-8-6-4-2/h11,13,15-16,35H,3-10,12,14,17-34H2,1-2H3,(H,38,39)/b13-11-,16-15-. The molecule has 0 heterocycles. The average Bonchev–Trinajstić information content (AvgIpc) is 2.95. The van der Waals surface area contributed by atoms with Gasteiger partial charge in [0.1, 0.15) is 6.10 Å². The SMILES string of the molecule is CCCCC/C=C\C/C=C\CCCCCCCCCC(=O)OC(CCCCCCCCCC)CCCCCC(=O)O. The third-order valence-corrected chi connectivity index (χ3v) is 7.93. The van der Waals surface area contributed by atoms with E-state index in [1.165, 1.54) is 109 Å². The van der Waals surface area contributed by atoms with Crippen LogP contribution in [0.15, 0.2) is 24.3 Å². The predicted octanol–water partition coefficient (Wildman–Crippen LogP) is 12.1. The number of aliphatic carboxylic acids is 1. The first kappa shape index (κ1) is 39.4. The van der Waals surface area contributed by atoms with Gasteiger partial charge in [-0.3, -0.25) is 9.59 Å². The zero-order chi connectivity index (χ0) is 30.1. The summed E-state index contributed by atoms with van der Waals surface area (Å²) >= 11 is 0. The van der Waals surface area contributed by atoms with Gasteiger partial charge < -0.3 is 9.84 Å². The Labute approximate surface area is 255 Å². The van der Waals surface area contributed by atoms with Gasteiger partial charge >= 0.3 is 11.9 Å². The van der Waals surface area contributed by atoms with Gasteiger partial charge in [0.05, 0.1) is 0 Å².